The summed E-state index contributed by atoms with van der Waals surface area (Å²) in [5, 5.41) is 3.92. The zero-order chi connectivity index (χ0) is 21.1. The summed E-state index contributed by atoms with van der Waals surface area (Å²) < 4.78 is 34.5. The molecule has 0 unspecified atom stereocenters. The lowest BCUT2D eigenvalue weighted by Crippen LogP contribution is -2.40. The number of morpholine rings is 1. The van der Waals surface area contributed by atoms with Crippen LogP contribution in [0.25, 0.3) is 10.9 Å². The number of hydrogen-bond donors (Lipinski definition) is 1. The van der Waals surface area contributed by atoms with Gasteiger partial charge in [0.1, 0.15) is 0 Å². The van der Waals surface area contributed by atoms with E-state index in [1.165, 1.54) is 16.4 Å². The van der Waals surface area contributed by atoms with Crippen LogP contribution in [0.4, 0.5) is 5.69 Å². The number of carbonyl (C=O) groups excluding carboxylic acids is 1. The Balaban J connectivity index is 1.54. The number of benzene rings is 2. The molecule has 0 radical (unpaired) electrons. The molecule has 2 heterocycles. The van der Waals surface area contributed by atoms with Crippen molar-refractivity contribution in [1.29, 1.82) is 0 Å². The number of sulfonamides is 1. The Kier molecular flexibility index (Phi) is 5.90. The minimum absolute atomic E-state index is 0.115. The average molecular weight is 428 g/mol. The number of nitrogens with zero attached hydrogens (tertiary/aromatic N) is 2. The van der Waals surface area contributed by atoms with Gasteiger partial charge in [-0.2, -0.15) is 4.31 Å². The molecule has 1 amide bonds. The topological polar surface area (TPSA) is 80.6 Å². The molecule has 158 valence electrons. The van der Waals surface area contributed by atoms with E-state index in [9.17, 15) is 13.2 Å². The van der Waals surface area contributed by atoms with Gasteiger partial charge in [0.25, 0.3) is 5.91 Å². The molecule has 0 atom stereocenters. The van der Waals surface area contributed by atoms with Gasteiger partial charge in [-0.05, 0) is 48.9 Å². The Morgan fingerprint density at radius 2 is 1.90 bits per heavy atom. The van der Waals surface area contributed by atoms with Gasteiger partial charge in [-0.1, -0.05) is 13.0 Å². The number of ether oxygens (including phenoxy) is 1. The second-order valence-electron chi connectivity index (χ2n) is 7.28. The number of rotatable bonds is 6. The molecule has 0 bridgehead atoms. The third-order valence-electron chi connectivity index (χ3n) is 5.20. The van der Waals surface area contributed by atoms with Crippen molar-refractivity contribution in [3.8, 4) is 0 Å². The van der Waals surface area contributed by atoms with Crippen LogP contribution in [-0.2, 0) is 21.3 Å². The lowest BCUT2D eigenvalue weighted by Gasteiger charge is -2.26. The van der Waals surface area contributed by atoms with Gasteiger partial charge in [0.05, 0.1) is 18.1 Å². The Bertz CT molecular complexity index is 1160. The number of anilines is 1. The fraction of sp³-hybridized carbons (Fsp3) is 0.318. The fourth-order valence-electron chi connectivity index (χ4n) is 3.65. The first-order valence-electron chi connectivity index (χ1n) is 10.1. The van der Waals surface area contributed by atoms with Gasteiger partial charge in [0.2, 0.25) is 10.0 Å². The minimum Gasteiger partial charge on any atom is -0.379 e. The quantitative estimate of drug-likeness (QED) is 0.654. The molecule has 7 nitrogen and oxygen atoms in total. The molecule has 4 rings (SSSR count). The molecule has 1 aliphatic heterocycles. The van der Waals surface area contributed by atoms with E-state index in [1.807, 2.05) is 30.5 Å². The van der Waals surface area contributed by atoms with Gasteiger partial charge in [0.15, 0.2) is 0 Å². The summed E-state index contributed by atoms with van der Waals surface area (Å²) in [7, 11) is -3.65. The summed E-state index contributed by atoms with van der Waals surface area (Å²) in [5.41, 5.74) is 2.09. The van der Waals surface area contributed by atoms with Crippen molar-refractivity contribution in [2.24, 2.45) is 0 Å². The van der Waals surface area contributed by atoms with Crippen LogP contribution in [0.2, 0.25) is 0 Å². The van der Waals surface area contributed by atoms with Crippen molar-refractivity contribution in [1.82, 2.24) is 8.87 Å². The third-order valence-corrected chi connectivity index (χ3v) is 7.09. The van der Waals surface area contributed by atoms with Gasteiger partial charge < -0.3 is 14.6 Å². The highest BCUT2D eigenvalue weighted by Gasteiger charge is 2.26. The van der Waals surface area contributed by atoms with Gasteiger partial charge in [-0.3, -0.25) is 4.79 Å². The molecule has 0 aliphatic carbocycles. The molecule has 2 aromatic carbocycles. The lowest BCUT2D eigenvalue weighted by molar-refractivity contribution is 0.0730. The number of nitrogens with one attached hydrogen (secondary N) is 1. The second-order valence-corrected chi connectivity index (χ2v) is 9.22. The largest absolute Gasteiger partial charge is 0.379 e. The van der Waals surface area contributed by atoms with Gasteiger partial charge in [0, 0.05) is 48.0 Å². The molecule has 0 saturated carbocycles. The molecule has 30 heavy (non-hydrogen) atoms. The number of aromatic nitrogens is 1. The van der Waals surface area contributed by atoms with Crippen molar-refractivity contribution < 1.29 is 17.9 Å². The van der Waals surface area contributed by atoms with Gasteiger partial charge in [-0.15, -0.1) is 0 Å². The molecular weight excluding hydrogens is 402 g/mol. The molecule has 3 aromatic rings. The molecule has 1 saturated heterocycles. The smallest absolute Gasteiger partial charge is 0.255 e. The molecule has 1 aliphatic rings. The molecule has 1 N–H and O–H groups in total. The van der Waals surface area contributed by atoms with Gasteiger partial charge in [-0.25, -0.2) is 8.42 Å². The van der Waals surface area contributed by atoms with Crippen molar-refractivity contribution in [2.45, 2.75) is 24.8 Å². The van der Waals surface area contributed by atoms with Crippen LogP contribution in [-0.4, -0.2) is 49.5 Å². The van der Waals surface area contributed by atoms with Crippen LogP contribution in [0, 0.1) is 0 Å². The SMILES string of the molecule is CCCn1ccc2cc(NC(=O)c3cccc(S(=O)(=O)N4CCOCC4)c3)ccc21. The van der Waals surface area contributed by atoms with E-state index in [-0.39, 0.29) is 10.8 Å². The summed E-state index contributed by atoms with van der Waals surface area (Å²) in [5.74, 6) is -0.346. The first kappa shape index (κ1) is 20.6. The second kappa shape index (κ2) is 8.59. The Morgan fingerprint density at radius 3 is 2.67 bits per heavy atom. The Hall–Kier alpha value is -2.68. The first-order valence-corrected chi connectivity index (χ1v) is 11.5. The first-order chi connectivity index (χ1) is 14.5. The van der Waals surface area contributed by atoms with E-state index in [1.54, 1.807) is 12.1 Å². The Labute approximate surface area is 176 Å². The molecule has 1 fully saturated rings. The maximum absolute atomic E-state index is 12.9. The summed E-state index contributed by atoms with van der Waals surface area (Å²) >= 11 is 0. The van der Waals surface area contributed by atoms with Crippen LogP contribution in [0.15, 0.2) is 59.6 Å². The maximum Gasteiger partial charge on any atom is 0.255 e. The number of fused-ring (bicyclic) bond motifs is 1. The highest BCUT2D eigenvalue weighted by Crippen LogP contribution is 2.23. The van der Waals surface area contributed by atoms with Crippen LogP contribution in [0.3, 0.4) is 0 Å². The van der Waals surface area contributed by atoms with Crippen molar-refractivity contribution in [3.63, 3.8) is 0 Å². The highest BCUT2D eigenvalue weighted by molar-refractivity contribution is 7.89. The van der Waals surface area contributed by atoms with Crippen LogP contribution in [0.5, 0.6) is 0 Å². The fourth-order valence-corrected chi connectivity index (χ4v) is 5.11. The number of aryl methyl sites for hydroxylation is 1. The molecular formula is C22H25N3O4S. The van der Waals surface area contributed by atoms with Crippen molar-refractivity contribution in [3.05, 3.63) is 60.3 Å². The van der Waals surface area contributed by atoms with Crippen LogP contribution < -0.4 is 5.32 Å². The zero-order valence-electron chi connectivity index (χ0n) is 16.9. The van der Waals surface area contributed by atoms with Crippen LogP contribution in [0.1, 0.15) is 23.7 Å². The third kappa shape index (κ3) is 4.12. The normalized spacial score (nSPS) is 15.4. The maximum atomic E-state index is 12.9. The predicted molar refractivity (Wildman–Crippen MR) is 116 cm³/mol. The average Bonchev–Trinajstić information content (AvgIpc) is 3.17. The number of amides is 1. The summed E-state index contributed by atoms with van der Waals surface area (Å²) in [6, 6.07) is 13.9. The monoisotopic (exact) mass is 427 g/mol. The Morgan fingerprint density at radius 1 is 1.10 bits per heavy atom. The standard InChI is InChI=1S/C22H25N3O4S/c1-2-9-24-10-8-17-15-19(6-7-21(17)24)23-22(26)18-4-3-5-20(16-18)30(27,28)25-11-13-29-14-12-25/h3-8,10,15-16H,2,9,11-14H2,1H3,(H,23,26). The number of hydrogen-bond acceptors (Lipinski definition) is 4. The van der Waals surface area contributed by atoms with E-state index in [2.05, 4.69) is 16.8 Å². The van der Waals surface area contributed by atoms with Gasteiger partial charge >= 0.3 is 0 Å². The molecule has 1 aromatic heterocycles. The van der Waals surface area contributed by atoms with E-state index >= 15 is 0 Å². The lowest BCUT2D eigenvalue weighted by atomic mass is 10.2. The van der Waals surface area contributed by atoms with E-state index in [0.29, 0.717) is 37.6 Å². The van der Waals surface area contributed by atoms with Crippen molar-refractivity contribution in [2.75, 3.05) is 31.6 Å². The van der Waals surface area contributed by atoms with E-state index in [0.717, 1.165) is 23.9 Å². The van der Waals surface area contributed by atoms with E-state index in [4.69, 9.17) is 4.74 Å². The summed E-state index contributed by atoms with van der Waals surface area (Å²) in [6.45, 7) is 4.46. The van der Waals surface area contributed by atoms with Crippen molar-refractivity contribution >= 4 is 32.5 Å². The zero-order valence-corrected chi connectivity index (χ0v) is 17.7. The van der Waals surface area contributed by atoms with Crippen LogP contribution >= 0.6 is 0 Å². The molecule has 0 spiro atoms. The molecule has 8 heteroatoms. The minimum atomic E-state index is -3.65. The highest BCUT2D eigenvalue weighted by atomic mass is 32.2. The summed E-state index contributed by atoms with van der Waals surface area (Å²) in [6.07, 6.45) is 3.09. The predicted octanol–water partition coefficient (Wildman–Crippen LogP) is 3.32. The number of carbonyl (C=O) groups is 1. The summed E-state index contributed by atoms with van der Waals surface area (Å²) in [4.78, 5) is 12.9. The van der Waals surface area contributed by atoms with E-state index < -0.39 is 10.0 Å².